The molecule has 0 radical (unpaired) electrons. The Balaban J connectivity index is 2.23. The summed E-state index contributed by atoms with van der Waals surface area (Å²) in [5, 5.41) is 17.1. The molecular formula is C21H28N6O6. The summed E-state index contributed by atoms with van der Waals surface area (Å²) in [6, 6.07) is 3.86. The van der Waals surface area contributed by atoms with Gasteiger partial charge in [-0.3, -0.25) is 24.0 Å². The SMILES string of the molecule is CC(NC(=O)C(CCC(N)=O)NC(=O)C(Cc1c[nH]c2ccccc12)NC(=O)CN)C(=O)O. The standard InChI is InChI=1S/C21H28N6O6/c1-11(21(32)33)25-19(30)15(6-7-17(23)28)27-20(31)16(26-18(29)9-22)8-12-10-24-14-5-3-2-4-13(12)14/h2-5,10-11,15-16,24H,6-9,22H2,1H3,(H2,23,28)(H,25,30)(H,26,29)(H,27,31)(H,32,33). The Morgan fingerprint density at radius 2 is 1.70 bits per heavy atom. The lowest BCUT2D eigenvalue weighted by atomic mass is 10.0. The zero-order valence-electron chi connectivity index (χ0n) is 18.1. The van der Waals surface area contributed by atoms with E-state index in [1.165, 1.54) is 6.92 Å². The van der Waals surface area contributed by atoms with Gasteiger partial charge in [0.2, 0.25) is 23.6 Å². The van der Waals surface area contributed by atoms with Crippen LogP contribution < -0.4 is 27.4 Å². The Bertz CT molecular complexity index is 1040. The van der Waals surface area contributed by atoms with Crippen molar-refractivity contribution in [3.8, 4) is 0 Å². The van der Waals surface area contributed by atoms with Gasteiger partial charge in [0, 0.05) is 29.9 Å². The number of nitrogens with two attached hydrogens (primary N) is 2. The van der Waals surface area contributed by atoms with Gasteiger partial charge >= 0.3 is 5.97 Å². The number of aromatic amines is 1. The summed E-state index contributed by atoms with van der Waals surface area (Å²) in [5.74, 6) is -4.03. The number of nitrogens with one attached hydrogen (secondary N) is 4. The number of aromatic nitrogens is 1. The lowest BCUT2D eigenvalue weighted by Crippen LogP contribution is -2.56. The average molecular weight is 460 g/mol. The van der Waals surface area contributed by atoms with Crippen molar-refractivity contribution in [2.24, 2.45) is 11.5 Å². The number of benzene rings is 1. The number of rotatable bonds is 12. The molecule has 178 valence electrons. The summed E-state index contributed by atoms with van der Waals surface area (Å²) in [6.45, 7) is 0.911. The van der Waals surface area contributed by atoms with E-state index in [1.54, 1.807) is 6.20 Å². The predicted molar refractivity (Wildman–Crippen MR) is 119 cm³/mol. The van der Waals surface area contributed by atoms with E-state index < -0.39 is 47.7 Å². The zero-order valence-corrected chi connectivity index (χ0v) is 18.1. The molecule has 2 rings (SSSR count). The highest BCUT2D eigenvalue weighted by Crippen LogP contribution is 2.19. The van der Waals surface area contributed by atoms with Crippen LogP contribution in [0.2, 0.25) is 0 Å². The molecule has 1 aromatic heterocycles. The molecule has 12 heteroatoms. The van der Waals surface area contributed by atoms with Gasteiger partial charge in [0.25, 0.3) is 0 Å². The van der Waals surface area contributed by atoms with Crippen LogP contribution >= 0.6 is 0 Å². The van der Waals surface area contributed by atoms with E-state index in [-0.39, 0.29) is 25.8 Å². The summed E-state index contributed by atoms with van der Waals surface area (Å²) in [6.07, 6.45) is 1.44. The van der Waals surface area contributed by atoms with Crippen molar-refractivity contribution in [3.05, 3.63) is 36.0 Å². The van der Waals surface area contributed by atoms with Gasteiger partial charge in [-0.2, -0.15) is 0 Å². The molecule has 0 fully saturated rings. The van der Waals surface area contributed by atoms with Gasteiger partial charge in [-0.25, -0.2) is 0 Å². The number of hydrogen-bond donors (Lipinski definition) is 7. The number of amides is 4. The summed E-state index contributed by atoms with van der Waals surface area (Å²) in [7, 11) is 0. The van der Waals surface area contributed by atoms with Gasteiger partial charge in [0.1, 0.15) is 18.1 Å². The number of carboxylic acids is 1. The second-order valence-electron chi connectivity index (χ2n) is 7.52. The predicted octanol–water partition coefficient (Wildman–Crippen LogP) is -1.51. The van der Waals surface area contributed by atoms with Crippen molar-refractivity contribution < 1.29 is 29.1 Å². The van der Waals surface area contributed by atoms with Crippen LogP contribution in [0.1, 0.15) is 25.3 Å². The number of carboxylic acid groups (broad SMARTS) is 1. The fourth-order valence-electron chi connectivity index (χ4n) is 3.19. The minimum absolute atomic E-state index is 0.0945. The van der Waals surface area contributed by atoms with E-state index in [0.29, 0.717) is 0 Å². The van der Waals surface area contributed by atoms with Gasteiger partial charge in [-0.1, -0.05) is 18.2 Å². The van der Waals surface area contributed by atoms with E-state index in [2.05, 4.69) is 20.9 Å². The van der Waals surface area contributed by atoms with Gasteiger partial charge in [-0.05, 0) is 25.0 Å². The minimum Gasteiger partial charge on any atom is -0.480 e. The maximum atomic E-state index is 13.0. The normalized spacial score (nSPS) is 13.5. The number of H-pyrrole nitrogens is 1. The third-order valence-corrected chi connectivity index (χ3v) is 4.98. The molecule has 1 heterocycles. The fourth-order valence-corrected chi connectivity index (χ4v) is 3.19. The van der Waals surface area contributed by atoms with Gasteiger partial charge in [-0.15, -0.1) is 0 Å². The van der Waals surface area contributed by atoms with Crippen molar-refractivity contribution in [3.63, 3.8) is 0 Å². The molecule has 0 aliphatic carbocycles. The highest BCUT2D eigenvalue weighted by molar-refractivity contribution is 5.94. The van der Waals surface area contributed by atoms with Crippen molar-refractivity contribution in [2.45, 2.75) is 44.3 Å². The van der Waals surface area contributed by atoms with Crippen molar-refractivity contribution in [1.82, 2.24) is 20.9 Å². The molecule has 0 saturated carbocycles. The number of para-hydroxylation sites is 1. The summed E-state index contributed by atoms with van der Waals surface area (Å²) < 4.78 is 0. The molecular weight excluding hydrogens is 432 g/mol. The fraction of sp³-hybridized carbons (Fsp3) is 0.381. The molecule has 2 aromatic rings. The zero-order chi connectivity index (χ0) is 24.5. The molecule has 1 aromatic carbocycles. The van der Waals surface area contributed by atoms with Gasteiger partial charge in [0.05, 0.1) is 6.54 Å². The van der Waals surface area contributed by atoms with E-state index in [1.807, 2.05) is 24.3 Å². The second kappa shape index (κ2) is 11.6. The van der Waals surface area contributed by atoms with E-state index in [9.17, 15) is 24.0 Å². The molecule has 33 heavy (non-hydrogen) atoms. The Kier molecular flexibility index (Phi) is 8.92. The van der Waals surface area contributed by atoms with Crippen LogP contribution in [0.5, 0.6) is 0 Å². The van der Waals surface area contributed by atoms with Crippen molar-refractivity contribution in [2.75, 3.05) is 6.54 Å². The Morgan fingerprint density at radius 1 is 1.03 bits per heavy atom. The molecule has 3 unspecified atom stereocenters. The largest absolute Gasteiger partial charge is 0.480 e. The topological polar surface area (TPSA) is 209 Å². The van der Waals surface area contributed by atoms with Crippen LogP contribution in [0, 0.1) is 0 Å². The van der Waals surface area contributed by atoms with Crippen LogP contribution in [0.15, 0.2) is 30.5 Å². The molecule has 0 aliphatic heterocycles. The number of primary amides is 1. The van der Waals surface area contributed by atoms with E-state index >= 15 is 0 Å². The van der Waals surface area contributed by atoms with Crippen LogP contribution in [0.25, 0.3) is 10.9 Å². The molecule has 9 N–H and O–H groups in total. The number of carbonyl (C=O) groups excluding carboxylic acids is 4. The molecule has 12 nitrogen and oxygen atoms in total. The third kappa shape index (κ3) is 7.31. The van der Waals surface area contributed by atoms with Gasteiger partial charge in [0.15, 0.2) is 0 Å². The van der Waals surface area contributed by atoms with E-state index in [0.717, 1.165) is 16.5 Å². The Labute approximate surface area is 189 Å². The summed E-state index contributed by atoms with van der Waals surface area (Å²) in [5.41, 5.74) is 12.1. The maximum Gasteiger partial charge on any atom is 0.325 e. The lowest BCUT2D eigenvalue weighted by molar-refractivity contribution is -0.142. The molecule has 0 saturated heterocycles. The van der Waals surface area contributed by atoms with Crippen LogP contribution in [-0.2, 0) is 30.4 Å². The van der Waals surface area contributed by atoms with E-state index in [4.69, 9.17) is 16.6 Å². The molecule has 4 amide bonds. The Hall–Kier alpha value is -3.93. The second-order valence-corrected chi connectivity index (χ2v) is 7.52. The first-order valence-electron chi connectivity index (χ1n) is 10.3. The van der Waals surface area contributed by atoms with Crippen LogP contribution in [0.4, 0.5) is 0 Å². The summed E-state index contributed by atoms with van der Waals surface area (Å²) in [4.78, 5) is 62.9. The van der Waals surface area contributed by atoms with Crippen molar-refractivity contribution >= 4 is 40.5 Å². The summed E-state index contributed by atoms with van der Waals surface area (Å²) >= 11 is 0. The average Bonchev–Trinajstić information content (AvgIpc) is 3.18. The molecule has 3 atom stereocenters. The number of fused-ring (bicyclic) bond motifs is 1. The number of aliphatic carboxylic acids is 1. The Morgan fingerprint density at radius 3 is 2.33 bits per heavy atom. The molecule has 0 bridgehead atoms. The highest BCUT2D eigenvalue weighted by Gasteiger charge is 2.29. The molecule has 0 aliphatic rings. The minimum atomic E-state index is -1.27. The van der Waals surface area contributed by atoms with Crippen molar-refractivity contribution in [1.29, 1.82) is 0 Å². The first kappa shape index (κ1) is 25.3. The first-order valence-corrected chi connectivity index (χ1v) is 10.3. The maximum absolute atomic E-state index is 13.0. The van der Waals surface area contributed by atoms with Crippen LogP contribution in [-0.4, -0.2) is 64.4 Å². The smallest absolute Gasteiger partial charge is 0.325 e. The van der Waals surface area contributed by atoms with Gasteiger partial charge < -0.3 is 37.5 Å². The first-order chi connectivity index (χ1) is 15.6. The third-order valence-electron chi connectivity index (χ3n) is 4.98. The number of carbonyl (C=O) groups is 5. The lowest BCUT2D eigenvalue weighted by Gasteiger charge is -2.23. The molecule has 0 spiro atoms. The number of hydrogen-bond acceptors (Lipinski definition) is 6. The van der Waals surface area contributed by atoms with Crippen LogP contribution in [0.3, 0.4) is 0 Å². The monoisotopic (exact) mass is 460 g/mol. The quantitative estimate of drug-likeness (QED) is 0.199. The highest BCUT2D eigenvalue weighted by atomic mass is 16.4.